The molecule has 0 saturated heterocycles. The van der Waals surface area contributed by atoms with Crippen molar-refractivity contribution < 1.29 is 18.7 Å². The number of benzene rings is 2. The molecule has 5 heteroatoms. The van der Waals surface area contributed by atoms with Crippen LogP contribution in [0.5, 0.6) is 0 Å². The Morgan fingerprint density at radius 2 is 1.91 bits per heavy atom. The predicted molar refractivity (Wildman–Crippen MR) is 82.6 cm³/mol. The summed E-state index contributed by atoms with van der Waals surface area (Å²) < 4.78 is 28.1. The number of carboxylic acids is 1. The molecule has 3 nitrogen and oxygen atoms in total. The van der Waals surface area contributed by atoms with Crippen LogP contribution in [0.25, 0.3) is 6.08 Å². The molecule has 2 aromatic rings. The monoisotopic (exact) mass is 303 g/mol. The second kappa shape index (κ2) is 5.97. The van der Waals surface area contributed by atoms with Crippen molar-refractivity contribution >= 4 is 23.4 Å². The van der Waals surface area contributed by atoms with Crippen LogP contribution in [0, 0.1) is 25.5 Å². The normalized spacial score (nSPS) is 10.4. The molecule has 0 bridgehead atoms. The summed E-state index contributed by atoms with van der Waals surface area (Å²) in [5.74, 6) is -3.73. The molecule has 0 saturated carbocycles. The van der Waals surface area contributed by atoms with E-state index in [2.05, 4.69) is 11.9 Å². The fourth-order valence-corrected chi connectivity index (χ4v) is 2.17. The van der Waals surface area contributed by atoms with E-state index < -0.39 is 23.3 Å². The second-order valence-corrected chi connectivity index (χ2v) is 4.97. The first kappa shape index (κ1) is 15.7. The molecule has 0 unspecified atom stereocenters. The van der Waals surface area contributed by atoms with E-state index in [9.17, 15) is 18.7 Å². The number of nitrogens with one attached hydrogen (secondary N) is 1. The fourth-order valence-electron chi connectivity index (χ4n) is 2.17. The molecule has 0 aromatic heterocycles. The molecule has 0 fully saturated rings. The molecule has 2 N–H and O–H groups in total. The molecule has 2 aromatic carbocycles. The highest BCUT2D eigenvalue weighted by molar-refractivity contribution is 5.96. The van der Waals surface area contributed by atoms with E-state index in [1.165, 1.54) is 0 Å². The third kappa shape index (κ3) is 2.83. The Morgan fingerprint density at radius 3 is 2.45 bits per heavy atom. The summed E-state index contributed by atoms with van der Waals surface area (Å²) in [5.41, 5.74) is 1.37. The van der Waals surface area contributed by atoms with Crippen molar-refractivity contribution in [2.75, 3.05) is 5.32 Å². The lowest BCUT2D eigenvalue weighted by atomic mass is 10.1. The summed E-state index contributed by atoms with van der Waals surface area (Å²) >= 11 is 0. The van der Waals surface area contributed by atoms with Crippen molar-refractivity contribution in [1.82, 2.24) is 0 Å². The maximum Gasteiger partial charge on any atom is 0.337 e. The predicted octanol–water partition coefficient (Wildman–Crippen LogP) is 4.67. The van der Waals surface area contributed by atoms with Crippen molar-refractivity contribution in [3.8, 4) is 0 Å². The van der Waals surface area contributed by atoms with Crippen LogP contribution in [-0.4, -0.2) is 11.1 Å². The van der Waals surface area contributed by atoms with Crippen molar-refractivity contribution in [2.45, 2.75) is 13.8 Å². The minimum atomic E-state index is -1.35. The lowest BCUT2D eigenvalue weighted by Gasteiger charge is -2.15. The van der Waals surface area contributed by atoms with Crippen LogP contribution in [0.3, 0.4) is 0 Å². The molecule has 0 aliphatic rings. The molecule has 2 rings (SSSR count). The molecule has 0 spiro atoms. The molecule has 0 aliphatic carbocycles. The van der Waals surface area contributed by atoms with Gasteiger partial charge >= 0.3 is 5.97 Å². The largest absolute Gasteiger partial charge is 0.478 e. The van der Waals surface area contributed by atoms with Gasteiger partial charge in [-0.05, 0) is 31.5 Å². The Bertz CT molecular complexity index is 770. The molecular formula is C17H15F2NO2. The van der Waals surface area contributed by atoms with Crippen molar-refractivity contribution in [3.63, 3.8) is 0 Å². The number of hydrogen-bond acceptors (Lipinski definition) is 2. The Morgan fingerprint density at radius 1 is 1.23 bits per heavy atom. The maximum absolute atomic E-state index is 14.2. The number of carbonyl (C=O) groups is 1. The van der Waals surface area contributed by atoms with E-state index in [4.69, 9.17) is 0 Å². The first-order valence-corrected chi connectivity index (χ1v) is 6.57. The molecule has 0 heterocycles. The molecule has 0 aliphatic heterocycles. The van der Waals surface area contributed by atoms with Gasteiger partial charge in [0.05, 0.1) is 11.3 Å². The Kier molecular flexibility index (Phi) is 4.26. The molecule has 0 amide bonds. The van der Waals surface area contributed by atoms with Gasteiger partial charge in [-0.3, -0.25) is 0 Å². The third-order valence-electron chi connectivity index (χ3n) is 3.33. The number of hydrogen-bond donors (Lipinski definition) is 2. The molecule has 114 valence electrons. The summed E-state index contributed by atoms with van der Waals surface area (Å²) in [6.45, 7) is 7.05. The topological polar surface area (TPSA) is 49.3 Å². The van der Waals surface area contributed by atoms with Gasteiger partial charge in [-0.2, -0.15) is 0 Å². The quantitative estimate of drug-likeness (QED) is 0.863. The van der Waals surface area contributed by atoms with E-state index >= 15 is 0 Å². The van der Waals surface area contributed by atoms with Gasteiger partial charge in [0, 0.05) is 11.3 Å². The van der Waals surface area contributed by atoms with E-state index in [0.717, 1.165) is 23.3 Å². The van der Waals surface area contributed by atoms with Crippen LogP contribution in [0.2, 0.25) is 0 Å². The van der Waals surface area contributed by atoms with Crippen LogP contribution < -0.4 is 5.32 Å². The fraction of sp³-hybridized carbons (Fsp3) is 0.118. The van der Waals surface area contributed by atoms with Crippen LogP contribution >= 0.6 is 0 Å². The molecular weight excluding hydrogens is 288 g/mol. The van der Waals surface area contributed by atoms with E-state index in [1.54, 1.807) is 19.1 Å². The van der Waals surface area contributed by atoms with Crippen LogP contribution in [0.15, 0.2) is 30.8 Å². The number of rotatable bonds is 4. The lowest BCUT2D eigenvalue weighted by molar-refractivity contribution is 0.0697. The Balaban J connectivity index is 2.61. The third-order valence-corrected chi connectivity index (χ3v) is 3.33. The van der Waals surface area contributed by atoms with Gasteiger partial charge in [-0.25, -0.2) is 13.6 Å². The highest BCUT2D eigenvalue weighted by Gasteiger charge is 2.21. The summed E-state index contributed by atoms with van der Waals surface area (Å²) in [6.07, 6.45) is 1.08. The van der Waals surface area contributed by atoms with Gasteiger partial charge in [-0.1, -0.05) is 30.4 Å². The van der Waals surface area contributed by atoms with E-state index in [1.807, 2.05) is 13.0 Å². The average Bonchev–Trinajstić information content (AvgIpc) is 2.46. The highest BCUT2D eigenvalue weighted by Crippen LogP contribution is 2.30. The number of carboxylic acid groups (broad SMARTS) is 1. The van der Waals surface area contributed by atoms with Gasteiger partial charge in [0.1, 0.15) is 0 Å². The van der Waals surface area contributed by atoms with Gasteiger partial charge in [0.15, 0.2) is 11.6 Å². The smallest absolute Gasteiger partial charge is 0.337 e. The zero-order valence-corrected chi connectivity index (χ0v) is 12.2. The zero-order chi connectivity index (χ0) is 16.4. The molecule has 0 radical (unpaired) electrons. The number of aryl methyl sites for hydroxylation is 2. The number of halogens is 2. The molecule has 0 atom stereocenters. The first-order valence-electron chi connectivity index (χ1n) is 6.57. The van der Waals surface area contributed by atoms with E-state index in [-0.39, 0.29) is 11.1 Å². The summed E-state index contributed by atoms with van der Waals surface area (Å²) in [4.78, 5) is 11.3. The highest BCUT2D eigenvalue weighted by atomic mass is 19.2. The SMILES string of the molecule is C=Cc1cc(C(=O)O)c(Nc2ccc(C)cc2C)c(F)c1F. The number of aromatic carboxylic acids is 1. The first-order chi connectivity index (χ1) is 10.3. The van der Waals surface area contributed by atoms with Crippen molar-refractivity contribution in [2.24, 2.45) is 0 Å². The maximum atomic E-state index is 14.2. The van der Waals surface area contributed by atoms with Crippen LogP contribution in [0.1, 0.15) is 27.0 Å². The van der Waals surface area contributed by atoms with E-state index in [0.29, 0.717) is 5.69 Å². The lowest BCUT2D eigenvalue weighted by Crippen LogP contribution is -2.09. The van der Waals surface area contributed by atoms with Gasteiger partial charge in [0.2, 0.25) is 0 Å². The minimum absolute atomic E-state index is 0.193. The van der Waals surface area contributed by atoms with Crippen molar-refractivity contribution in [3.05, 3.63) is 64.7 Å². The Labute approximate surface area is 126 Å². The van der Waals surface area contributed by atoms with Crippen molar-refractivity contribution in [1.29, 1.82) is 0 Å². The zero-order valence-electron chi connectivity index (χ0n) is 12.2. The summed E-state index contributed by atoms with van der Waals surface area (Å²) in [6, 6.07) is 6.39. The van der Waals surface area contributed by atoms with Gasteiger partial charge in [-0.15, -0.1) is 0 Å². The second-order valence-electron chi connectivity index (χ2n) is 4.97. The van der Waals surface area contributed by atoms with Gasteiger partial charge < -0.3 is 10.4 Å². The van der Waals surface area contributed by atoms with Gasteiger partial charge in [0.25, 0.3) is 0 Å². The van der Waals surface area contributed by atoms with Crippen LogP contribution in [-0.2, 0) is 0 Å². The molecule has 22 heavy (non-hydrogen) atoms. The number of anilines is 2. The Hall–Kier alpha value is -2.69. The summed E-state index contributed by atoms with van der Waals surface area (Å²) in [5, 5.41) is 11.9. The average molecular weight is 303 g/mol. The van der Waals surface area contributed by atoms with Crippen LogP contribution in [0.4, 0.5) is 20.2 Å². The minimum Gasteiger partial charge on any atom is -0.478 e. The standard InChI is InChI=1S/C17H15F2NO2/c1-4-11-8-12(17(21)22)16(15(19)14(11)18)20-13-6-5-9(2)7-10(13)3/h4-8,20H,1H2,2-3H3,(H,21,22). The summed E-state index contributed by atoms with van der Waals surface area (Å²) in [7, 11) is 0.